The molecule has 0 bridgehead atoms. The minimum absolute atomic E-state index is 0.145. The van der Waals surface area contributed by atoms with Gasteiger partial charge in [0.05, 0.1) is 6.10 Å². The molecule has 1 atom stereocenters. The first-order chi connectivity index (χ1) is 10.9. The Morgan fingerprint density at radius 3 is 2.35 bits per heavy atom. The molecule has 1 heterocycles. The van der Waals surface area contributed by atoms with Gasteiger partial charge in [-0.05, 0) is 5.56 Å². The molecule has 0 radical (unpaired) electrons. The summed E-state index contributed by atoms with van der Waals surface area (Å²) in [5, 5.41) is 10.0. The first-order valence-corrected chi connectivity index (χ1v) is 7.69. The molecular formula is C16H22F4N2O. The lowest BCUT2D eigenvalue weighted by atomic mass is 10.2. The zero-order valence-electron chi connectivity index (χ0n) is 12.8. The maximum atomic E-state index is 13.0. The van der Waals surface area contributed by atoms with E-state index >= 15 is 0 Å². The lowest BCUT2D eigenvalue weighted by molar-refractivity contribution is -0.135. The van der Waals surface area contributed by atoms with Gasteiger partial charge in [0.25, 0.3) is 0 Å². The lowest BCUT2D eigenvalue weighted by Gasteiger charge is -2.24. The van der Waals surface area contributed by atoms with Gasteiger partial charge in [-0.1, -0.05) is 30.3 Å². The summed E-state index contributed by atoms with van der Waals surface area (Å²) in [6.07, 6.45) is -5.22. The number of alkyl halides is 4. The molecule has 130 valence electrons. The number of nitrogens with zero attached hydrogens (tertiary/aromatic N) is 2. The normalized spacial score (nSPS) is 21.6. The molecule has 0 aromatic heterocycles. The summed E-state index contributed by atoms with van der Waals surface area (Å²) < 4.78 is 50.4. The summed E-state index contributed by atoms with van der Waals surface area (Å²) in [6, 6.07) is 9.76. The highest BCUT2D eigenvalue weighted by Crippen LogP contribution is 2.27. The van der Waals surface area contributed by atoms with E-state index in [1.165, 1.54) is 0 Å². The van der Waals surface area contributed by atoms with Crippen LogP contribution in [-0.2, 0) is 6.54 Å². The average molecular weight is 334 g/mol. The van der Waals surface area contributed by atoms with E-state index in [0.29, 0.717) is 26.2 Å². The van der Waals surface area contributed by atoms with Crippen molar-refractivity contribution < 1.29 is 22.7 Å². The molecule has 1 aliphatic heterocycles. The molecule has 2 rings (SSSR count). The minimum Gasteiger partial charge on any atom is -0.390 e. The summed E-state index contributed by atoms with van der Waals surface area (Å²) in [5.41, 5.74) is 1.11. The Morgan fingerprint density at radius 1 is 1.09 bits per heavy atom. The number of aliphatic hydroxyl groups excluding tert-OH is 1. The fourth-order valence-corrected chi connectivity index (χ4v) is 2.72. The lowest BCUT2D eigenvalue weighted by Crippen LogP contribution is -2.38. The van der Waals surface area contributed by atoms with Gasteiger partial charge in [0, 0.05) is 45.7 Å². The molecule has 0 amide bonds. The van der Waals surface area contributed by atoms with Crippen molar-refractivity contribution in [1.29, 1.82) is 0 Å². The van der Waals surface area contributed by atoms with Crippen LogP contribution in [0, 0.1) is 0 Å². The van der Waals surface area contributed by atoms with Crippen LogP contribution in [0.3, 0.4) is 0 Å². The quantitative estimate of drug-likeness (QED) is 0.810. The summed E-state index contributed by atoms with van der Waals surface area (Å²) in [6.45, 7) is 2.27. The number of aliphatic hydroxyl groups is 1. The number of halogens is 4. The maximum absolute atomic E-state index is 13.0. The Bertz CT molecular complexity index is 472. The summed E-state index contributed by atoms with van der Waals surface area (Å²) in [7, 11) is 0. The van der Waals surface area contributed by atoms with Crippen LogP contribution in [0.25, 0.3) is 0 Å². The second kappa shape index (κ2) is 8.08. The molecular weight excluding hydrogens is 312 g/mol. The van der Waals surface area contributed by atoms with E-state index in [9.17, 15) is 22.7 Å². The van der Waals surface area contributed by atoms with Crippen molar-refractivity contribution in [2.24, 2.45) is 0 Å². The van der Waals surface area contributed by atoms with E-state index in [1.54, 1.807) is 4.90 Å². The van der Waals surface area contributed by atoms with Gasteiger partial charge in [-0.2, -0.15) is 0 Å². The predicted molar refractivity (Wildman–Crippen MR) is 79.7 cm³/mol. The number of hydrogen-bond donors (Lipinski definition) is 1. The van der Waals surface area contributed by atoms with Crippen molar-refractivity contribution in [2.45, 2.75) is 31.4 Å². The van der Waals surface area contributed by atoms with Crippen LogP contribution in [0.1, 0.15) is 12.0 Å². The van der Waals surface area contributed by atoms with Gasteiger partial charge >= 0.3 is 12.3 Å². The topological polar surface area (TPSA) is 26.7 Å². The third-order valence-corrected chi connectivity index (χ3v) is 4.00. The third kappa shape index (κ3) is 5.75. The van der Waals surface area contributed by atoms with Crippen LogP contribution in [0.5, 0.6) is 0 Å². The van der Waals surface area contributed by atoms with Gasteiger partial charge in [0.15, 0.2) is 0 Å². The number of β-amino-alcohol motifs (C(OH)–C–C–N with tert-alkyl or cyclic N) is 1. The van der Waals surface area contributed by atoms with E-state index in [-0.39, 0.29) is 13.1 Å². The van der Waals surface area contributed by atoms with Crippen LogP contribution < -0.4 is 0 Å². The van der Waals surface area contributed by atoms with Crippen LogP contribution >= 0.6 is 0 Å². The molecule has 0 saturated carbocycles. The highest BCUT2D eigenvalue weighted by atomic mass is 19.3. The molecule has 1 saturated heterocycles. The third-order valence-electron chi connectivity index (χ3n) is 4.00. The van der Waals surface area contributed by atoms with E-state index in [2.05, 4.69) is 0 Å². The first kappa shape index (κ1) is 18.2. The molecule has 3 nitrogen and oxygen atoms in total. The molecule has 1 aliphatic rings. The van der Waals surface area contributed by atoms with Gasteiger partial charge in [0.2, 0.25) is 0 Å². The fraction of sp³-hybridized carbons (Fsp3) is 0.625. The standard InChI is InChI=1S/C16H22F4N2O/c17-15(18)16(19,20)6-7-21-8-9-22(12-14(23)11-21)10-13-4-2-1-3-5-13/h1-5,14-15,23H,6-12H2. The van der Waals surface area contributed by atoms with E-state index < -0.39 is 24.9 Å². The van der Waals surface area contributed by atoms with Gasteiger partial charge in [-0.3, -0.25) is 9.80 Å². The summed E-state index contributed by atoms with van der Waals surface area (Å²) in [4.78, 5) is 3.68. The molecule has 0 aliphatic carbocycles. The first-order valence-electron chi connectivity index (χ1n) is 7.69. The smallest absolute Gasteiger partial charge is 0.308 e. The van der Waals surface area contributed by atoms with Crippen molar-refractivity contribution in [3.05, 3.63) is 35.9 Å². The number of hydrogen-bond acceptors (Lipinski definition) is 3. The molecule has 1 fully saturated rings. The molecule has 1 aromatic rings. The van der Waals surface area contributed by atoms with E-state index in [4.69, 9.17) is 0 Å². The highest BCUT2D eigenvalue weighted by Gasteiger charge is 2.40. The zero-order chi connectivity index (χ0) is 16.9. The monoisotopic (exact) mass is 334 g/mol. The molecule has 0 spiro atoms. The van der Waals surface area contributed by atoms with Gasteiger partial charge in [-0.15, -0.1) is 0 Å². The van der Waals surface area contributed by atoms with Gasteiger partial charge in [-0.25, -0.2) is 17.6 Å². The van der Waals surface area contributed by atoms with Crippen molar-refractivity contribution in [3.8, 4) is 0 Å². The SMILES string of the molecule is OC1CN(CCC(F)(F)C(F)F)CCN(Cc2ccccc2)C1. The van der Waals surface area contributed by atoms with Crippen molar-refractivity contribution in [1.82, 2.24) is 9.80 Å². The van der Waals surface area contributed by atoms with Crippen molar-refractivity contribution in [2.75, 3.05) is 32.7 Å². The largest absolute Gasteiger partial charge is 0.390 e. The zero-order valence-corrected chi connectivity index (χ0v) is 12.8. The van der Waals surface area contributed by atoms with Gasteiger partial charge < -0.3 is 5.11 Å². The predicted octanol–water partition coefficient (Wildman–Crippen LogP) is 2.46. The highest BCUT2D eigenvalue weighted by molar-refractivity contribution is 5.14. The summed E-state index contributed by atoms with van der Waals surface area (Å²) >= 11 is 0. The Kier molecular flexibility index (Phi) is 6.38. The van der Waals surface area contributed by atoms with E-state index in [1.807, 2.05) is 35.2 Å². The molecule has 1 N–H and O–H groups in total. The number of rotatable bonds is 6. The van der Waals surface area contributed by atoms with Gasteiger partial charge in [0.1, 0.15) is 0 Å². The molecule has 1 unspecified atom stereocenters. The van der Waals surface area contributed by atoms with E-state index in [0.717, 1.165) is 5.56 Å². The van der Waals surface area contributed by atoms with Crippen molar-refractivity contribution >= 4 is 0 Å². The Hall–Kier alpha value is -1.18. The van der Waals surface area contributed by atoms with Crippen LogP contribution in [0.15, 0.2) is 30.3 Å². The second-order valence-corrected chi connectivity index (χ2v) is 5.99. The van der Waals surface area contributed by atoms with Crippen LogP contribution in [0.4, 0.5) is 17.6 Å². The minimum atomic E-state index is -3.97. The average Bonchev–Trinajstić information content (AvgIpc) is 2.67. The molecule has 1 aromatic carbocycles. The second-order valence-electron chi connectivity index (χ2n) is 5.99. The Labute approximate surface area is 133 Å². The van der Waals surface area contributed by atoms with Crippen LogP contribution in [-0.4, -0.2) is 66.1 Å². The Morgan fingerprint density at radius 2 is 1.70 bits per heavy atom. The summed E-state index contributed by atoms with van der Waals surface area (Å²) in [5.74, 6) is -3.97. The fourth-order valence-electron chi connectivity index (χ4n) is 2.72. The van der Waals surface area contributed by atoms with Crippen LogP contribution in [0.2, 0.25) is 0 Å². The number of benzene rings is 1. The molecule has 7 heteroatoms. The van der Waals surface area contributed by atoms with Crippen molar-refractivity contribution in [3.63, 3.8) is 0 Å². The maximum Gasteiger partial charge on any atom is 0.308 e. The molecule has 23 heavy (non-hydrogen) atoms. The Balaban J connectivity index is 1.85.